The highest BCUT2D eigenvalue weighted by molar-refractivity contribution is 6.36. The molecule has 3 rings (SSSR count). The maximum atomic E-state index is 13.4. The maximum absolute atomic E-state index is 13.4. The number of aryl methyl sites for hydroxylation is 1. The predicted octanol–water partition coefficient (Wildman–Crippen LogP) is 2.38. The first kappa shape index (κ1) is 29.1. The highest BCUT2D eigenvalue weighted by atomic mass is 35.5. The van der Waals surface area contributed by atoms with Gasteiger partial charge in [0.15, 0.2) is 11.2 Å². The molecule has 0 spiro atoms. The van der Waals surface area contributed by atoms with Crippen LogP contribution in [-0.2, 0) is 42.5 Å². The molecular formula is C23H23Cl2F3N6O4. The van der Waals surface area contributed by atoms with Gasteiger partial charge >= 0.3 is 17.8 Å². The molecule has 0 fully saturated rings. The van der Waals surface area contributed by atoms with Crippen molar-refractivity contribution in [2.75, 3.05) is 25.0 Å². The molecule has 15 heteroatoms. The van der Waals surface area contributed by atoms with Crippen LogP contribution in [0.5, 0.6) is 0 Å². The van der Waals surface area contributed by atoms with Crippen LogP contribution in [0.4, 0.5) is 19.1 Å². The summed E-state index contributed by atoms with van der Waals surface area (Å²) in [6.07, 6.45) is -4.67. The second kappa shape index (κ2) is 11.5. The number of likely N-dealkylation sites (N-methyl/N-ethyl adjacent to an activating group) is 1. The number of hydrogen-bond donors (Lipinski definition) is 1. The highest BCUT2D eigenvalue weighted by Crippen LogP contribution is 2.36. The van der Waals surface area contributed by atoms with Crippen molar-refractivity contribution in [3.05, 3.63) is 54.1 Å². The van der Waals surface area contributed by atoms with Gasteiger partial charge in [0, 0.05) is 42.8 Å². The van der Waals surface area contributed by atoms with E-state index in [4.69, 9.17) is 33.7 Å². The van der Waals surface area contributed by atoms with Gasteiger partial charge in [-0.15, -0.1) is 5.92 Å². The quantitative estimate of drug-likeness (QED) is 0.324. The molecule has 10 nitrogen and oxygen atoms in total. The molecule has 38 heavy (non-hydrogen) atoms. The average molecular weight is 575 g/mol. The van der Waals surface area contributed by atoms with Crippen molar-refractivity contribution in [3.8, 4) is 11.8 Å². The number of aromatic nitrogens is 4. The molecule has 0 saturated heterocycles. The van der Waals surface area contributed by atoms with Crippen molar-refractivity contribution < 1.29 is 22.7 Å². The zero-order valence-corrected chi connectivity index (χ0v) is 22.0. The smallest absolute Gasteiger partial charge is 0.416 e. The summed E-state index contributed by atoms with van der Waals surface area (Å²) in [7, 11) is 3.11. The molecule has 0 bridgehead atoms. The minimum Gasteiger partial charge on any atom is -0.459 e. The van der Waals surface area contributed by atoms with Crippen molar-refractivity contribution in [2.45, 2.75) is 32.8 Å². The molecule has 2 N–H and O–H groups in total. The standard InChI is InChI=1S/C23H23Cl2F3N6O4/c1-4-5-7-33-18-19(30-21(33)31(2)8-6-29)32(3)22(37)34(20(18)36)11-17(35)38-12-14-15(24)9-13(10-16(14)25)23(26,27)28/h9-10H,6-8,11-12,29H2,1-3H3. The number of fused-ring (bicyclic) bond motifs is 1. The van der Waals surface area contributed by atoms with E-state index in [-0.39, 0.29) is 33.3 Å². The summed E-state index contributed by atoms with van der Waals surface area (Å²) >= 11 is 11.8. The monoisotopic (exact) mass is 574 g/mol. The fraction of sp³-hybridized carbons (Fsp3) is 0.391. The molecule has 2 aromatic heterocycles. The molecule has 0 saturated carbocycles. The van der Waals surface area contributed by atoms with Gasteiger partial charge in [0.05, 0.1) is 12.1 Å². The number of nitrogens with zero attached hydrogens (tertiary/aromatic N) is 5. The first-order valence-electron chi connectivity index (χ1n) is 11.0. The van der Waals surface area contributed by atoms with Crippen LogP contribution in [0.25, 0.3) is 11.2 Å². The largest absolute Gasteiger partial charge is 0.459 e. The number of ether oxygens (including phenoxy) is 1. The van der Waals surface area contributed by atoms with Crippen LogP contribution in [0.3, 0.4) is 0 Å². The van der Waals surface area contributed by atoms with E-state index in [0.29, 0.717) is 35.7 Å². The Balaban J connectivity index is 1.97. The number of alkyl halides is 3. The molecule has 0 aliphatic carbocycles. The Kier molecular flexibility index (Phi) is 8.81. The van der Waals surface area contributed by atoms with E-state index in [1.54, 1.807) is 18.9 Å². The number of esters is 1. The maximum Gasteiger partial charge on any atom is 0.416 e. The summed E-state index contributed by atoms with van der Waals surface area (Å²) < 4.78 is 47.2. The second-order valence-electron chi connectivity index (χ2n) is 8.12. The van der Waals surface area contributed by atoms with Gasteiger partial charge < -0.3 is 15.4 Å². The molecule has 1 aromatic carbocycles. The van der Waals surface area contributed by atoms with Crippen LogP contribution in [0.2, 0.25) is 10.0 Å². The fourth-order valence-corrected chi connectivity index (χ4v) is 4.22. The lowest BCUT2D eigenvalue weighted by Crippen LogP contribution is -2.41. The van der Waals surface area contributed by atoms with Crippen molar-refractivity contribution in [1.29, 1.82) is 0 Å². The topological polar surface area (TPSA) is 117 Å². The van der Waals surface area contributed by atoms with Gasteiger partial charge in [-0.05, 0) is 19.1 Å². The Morgan fingerprint density at radius 1 is 1.21 bits per heavy atom. The fourth-order valence-electron chi connectivity index (χ4n) is 3.62. The minimum absolute atomic E-state index is 0.0374. The molecule has 0 unspecified atom stereocenters. The highest BCUT2D eigenvalue weighted by Gasteiger charge is 2.32. The lowest BCUT2D eigenvalue weighted by Gasteiger charge is -2.17. The van der Waals surface area contributed by atoms with Gasteiger partial charge in [0.1, 0.15) is 13.2 Å². The van der Waals surface area contributed by atoms with E-state index < -0.39 is 42.1 Å². The van der Waals surface area contributed by atoms with Gasteiger partial charge in [0.2, 0.25) is 5.95 Å². The normalized spacial score (nSPS) is 11.4. The Labute approximate surface area is 224 Å². The van der Waals surface area contributed by atoms with Crippen molar-refractivity contribution in [1.82, 2.24) is 18.7 Å². The Hall–Kier alpha value is -3.47. The van der Waals surface area contributed by atoms with Crippen LogP contribution in [0.1, 0.15) is 18.1 Å². The number of nitrogens with two attached hydrogens (primary N) is 1. The van der Waals surface area contributed by atoms with Crippen LogP contribution >= 0.6 is 23.2 Å². The van der Waals surface area contributed by atoms with E-state index >= 15 is 0 Å². The zero-order chi connectivity index (χ0) is 28.4. The van der Waals surface area contributed by atoms with Gasteiger partial charge in [-0.2, -0.15) is 18.2 Å². The average Bonchev–Trinajstić information content (AvgIpc) is 3.22. The summed E-state index contributed by atoms with van der Waals surface area (Å²) in [4.78, 5) is 45.0. The van der Waals surface area contributed by atoms with Crippen LogP contribution in [-0.4, -0.2) is 44.8 Å². The van der Waals surface area contributed by atoms with Gasteiger partial charge in [-0.1, -0.05) is 29.1 Å². The number of carbonyl (C=O) groups is 1. The summed E-state index contributed by atoms with van der Waals surface area (Å²) in [6, 6.07) is 1.31. The first-order chi connectivity index (χ1) is 17.8. The summed E-state index contributed by atoms with van der Waals surface area (Å²) in [5.74, 6) is 4.93. The van der Waals surface area contributed by atoms with Crippen molar-refractivity contribution >= 4 is 46.3 Å². The third kappa shape index (κ3) is 5.82. The van der Waals surface area contributed by atoms with Crippen molar-refractivity contribution in [3.63, 3.8) is 0 Å². The summed E-state index contributed by atoms with van der Waals surface area (Å²) in [6.45, 7) is 1.06. The minimum atomic E-state index is -4.67. The SMILES string of the molecule is CC#CCn1c(N(C)CCN)nc2c1c(=O)n(CC(=O)OCc1c(Cl)cc(C(F)(F)F)cc1Cl)c(=O)n2C. The molecule has 0 aliphatic heterocycles. The Morgan fingerprint density at radius 3 is 2.39 bits per heavy atom. The van der Waals surface area contributed by atoms with E-state index in [0.717, 1.165) is 4.57 Å². The molecule has 0 amide bonds. The van der Waals surface area contributed by atoms with E-state index in [1.807, 2.05) is 0 Å². The number of hydrogen-bond acceptors (Lipinski definition) is 7. The molecule has 0 radical (unpaired) electrons. The van der Waals surface area contributed by atoms with Crippen LogP contribution in [0.15, 0.2) is 21.7 Å². The molecular weight excluding hydrogens is 552 g/mol. The predicted molar refractivity (Wildman–Crippen MR) is 136 cm³/mol. The lowest BCUT2D eigenvalue weighted by atomic mass is 10.1. The number of anilines is 1. The van der Waals surface area contributed by atoms with Gasteiger partial charge in [0.25, 0.3) is 5.56 Å². The number of imidazole rings is 1. The van der Waals surface area contributed by atoms with Gasteiger partial charge in [-0.3, -0.25) is 18.7 Å². The number of benzene rings is 1. The number of halogens is 5. The van der Waals surface area contributed by atoms with E-state index in [9.17, 15) is 27.6 Å². The third-order valence-corrected chi connectivity index (χ3v) is 6.24. The molecule has 2 heterocycles. The molecule has 0 atom stereocenters. The Morgan fingerprint density at radius 2 is 1.84 bits per heavy atom. The van der Waals surface area contributed by atoms with E-state index in [1.165, 1.54) is 11.6 Å². The van der Waals surface area contributed by atoms with Gasteiger partial charge in [-0.25, -0.2) is 9.36 Å². The lowest BCUT2D eigenvalue weighted by molar-refractivity contribution is -0.146. The Bertz CT molecular complexity index is 1540. The molecule has 204 valence electrons. The summed E-state index contributed by atoms with van der Waals surface area (Å²) in [5, 5.41) is -0.718. The molecule has 3 aromatic rings. The second-order valence-corrected chi connectivity index (χ2v) is 8.93. The first-order valence-corrected chi connectivity index (χ1v) is 11.8. The molecule has 0 aliphatic rings. The number of carbonyl (C=O) groups excluding carboxylic acids is 1. The summed E-state index contributed by atoms with van der Waals surface area (Å²) in [5.41, 5.74) is 3.01. The van der Waals surface area contributed by atoms with Crippen LogP contribution < -0.4 is 21.9 Å². The zero-order valence-electron chi connectivity index (χ0n) is 20.5. The van der Waals surface area contributed by atoms with E-state index in [2.05, 4.69) is 16.8 Å². The number of rotatable bonds is 8. The van der Waals surface area contributed by atoms with Crippen molar-refractivity contribution in [2.24, 2.45) is 12.8 Å². The van der Waals surface area contributed by atoms with Crippen LogP contribution in [0, 0.1) is 11.8 Å². The third-order valence-electron chi connectivity index (χ3n) is 5.57.